The van der Waals surface area contributed by atoms with Gasteiger partial charge in [-0.1, -0.05) is 62.2 Å². The number of halogens is 6. The Morgan fingerprint density at radius 1 is 1.14 bits per heavy atom. The zero-order valence-electron chi connectivity index (χ0n) is 23.9. The van der Waals surface area contributed by atoms with Crippen LogP contribution in [-0.4, -0.2) is 70.6 Å². The van der Waals surface area contributed by atoms with Gasteiger partial charge in [-0.3, -0.25) is 9.59 Å². The monoisotopic (exact) mass is 665 g/mol. The van der Waals surface area contributed by atoms with Crippen molar-refractivity contribution in [3.63, 3.8) is 0 Å². The molecule has 1 spiro atoms. The number of aliphatic hydroxyl groups excluding tert-OH is 2. The third-order valence-electron chi connectivity index (χ3n) is 7.45. The maximum absolute atomic E-state index is 15.7. The molecule has 0 unspecified atom stereocenters. The summed E-state index contributed by atoms with van der Waals surface area (Å²) in [6, 6.07) is 8.18. The number of carboxylic acid groups (broad SMARTS) is 1. The van der Waals surface area contributed by atoms with Gasteiger partial charge in [0.25, 0.3) is 0 Å². The third-order valence-corrected chi connectivity index (χ3v) is 7.98. The van der Waals surface area contributed by atoms with Gasteiger partial charge < -0.3 is 31.3 Å². The number of carbonyl (C=O) groups is 3. The fraction of sp³-hybridized carbons (Fsp3) is 0.483. The number of alkyl halides is 3. The summed E-state index contributed by atoms with van der Waals surface area (Å²) in [7, 11) is 0. The highest BCUT2D eigenvalue weighted by Gasteiger charge is 2.66. The Balaban J connectivity index is 0.000000676. The molecule has 0 aliphatic carbocycles. The first-order valence-corrected chi connectivity index (χ1v) is 14.3. The Bertz CT molecular complexity index is 1400. The molecule has 2 heterocycles. The quantitative estimate of drug-likeness (QED) is 0.241. The predicted molar refractivity (Wildman–Crippen MR) is 155 cm³/mol. The van der Waals surface area contributed by atoms with Gasteiger partial charge in [0.15, 0.2) is 0 Å². The lowest BCUT2D eigenvalue weighted by Crippen LogP contribution is -2.49. The van der Waals surface area contributed by atoms with E-state index >= 15 is 4.39 Å². The van der Waals surface area contributed by atoms with Gasteiger partial charge >= 0.3 is 12.1 Å². The van der Waals surface area contributed by atoms with Gasteiger partial charge in [-0.15, -0.1) is 0 Å². The van der Waals surface area contributed by atoms with Crippen molar-refractivity contribution in [3.05, 3.63) is 63.4 Å². The second-order valence-corrected chi connectivity index (χ2v) is 12.7. The SMILES string of the molecule is CC(C)(C)C[C@H]1N[C@@H](C(=O)NCC[C@H](O)CO)[C@H](c2cccc(Cl)c2F)[C@]12C(=O)Nc1cc(Cl)ccc12.O=C(O)C(F)(F)F. The van der Waals surface area contributed by atoms with E-state index < -0.39 is 60.0 Å². The first kappa shape index (κ1) is 35.5. The topological polar surface area (TPSA) is 148 Å². The van der Waals surface area contributed by atoms with Crippen LogP contribution < -0.4 is 16.0 Å². The summed E-state index contributed by atoms with van der Waals surface area (Å²) in [5.74, 6) is -5.17. The molecular formula is C29H33Cl2F4N3O6. The summed E-state index contributed by atoms with van der Waals surface area (Å²) >= 11 is 12.4. The van der Waals surface area contributed by atoms with Crippen molar-refractivity contribution in [1.82, 2.24) is 10.6 Å². The van der Waals surface area contributed by atoms with Gasteiger partial charge in [0, 0.05) is 29.2 Å². The van der Waals surface area contributed by atoms with Gasteiger partial charge in [0.2, 0.25) is 11.8 Å². The average molecular weight is 666 g/mol. The van der Waals surface area contributed by atoms with E-state index in [0.717, 1.165) is 0 Å². The lowest BCUT2D eigenvalue weighted by Gasteiger charge is -2.37. The van der Waals surface area contributed by atoms with E-state index in [1.165, 1.54) is 6.07 Å². The van der Waals surface area contributed by atoms with E-state index in [2.05, 4.69) is 16.0 Å². The first-order chi connectivity index (χ1) is 20.3. The zero-order valence-corrected chi connectivity index (χ0v) is 25.4. The van der Waals surface area contributed by atoms with Crippen molar-refractivity contribution in [3.8, 4) is 0 Å². The van der Waals surface area contributed by atoms with Crippen LogP contribution in [0.1, 0.15) is 50.7 Å². The molecule has 15 heteroatoms. The highest BCUT2D eigenvalue weighted by molar-refractivity contribution is 6.31. The van der Waals surface area contributed by atoms with Crippen LogP contribution in [-0.2, 0) is 19.8 Å². The summed E-state index contributed by atoms with van der Waals surface area (Å²) in [6.45, 7) is 5.78. The van der Waals surface area contributed by atoms with E-state index in [4.69, 9.17) is 38.2 Å². The fourth-order valence-electron chi connectivity index (χ4n) is 5.72. The summed E-state index contributed by atoms with van der Waals surface area (Å²) in [5, 5.41) is 35.4. The van der Waals surface area contributed by atoms with Crippen LogP contribution in [0.2, 0.25) is 10.0 Å². The van der Waals surface area contributed by atoms with Crippen LogP contribution in [0.4, 0.5) is 23.2 Å². The predicted octanol–water partition coefficient (Wildman–Crippen LogP) is 4.38. The van der Waals surface area contributed by atoms with Crippen molar-refractivity contribution in [1.29, 1.82) is 0 Å². The minimum atomic E-state index is -5.08. The molecule has 1 saturated heterocycles. The number of carboxylic acids is 1. The van der Waals surface area contributed by atoms with E-state index in [-0.39, 0.29) is 34.9 Å². The number of aliphatic hydroxyl groups is 2. The number of benzene rings is 2. The molecule has 0 radical (unpaired) electrons. The van der Waals surface area contributed by atoms with E-state index in [0.29, 0.717) is 22.7 Å². The van der Waals surface area contributed by atoms with Crippen molar-refractivity contribution in [2.45, 2.75) is 69.3 Å². The molecule has 6 N–H and O–H groups in total. The maximum atomic E-state index is 15.7. The van der Waals surface area contributed by atoms with E-state index in [1.54, 1.807) is 30.3 Å². The Morgan fingerprint density at radius 3 is 2.34 bits per heavy atom. The molecule has 5 atom stereocenters. The molecule has 2 aromatic rings. The molecule has 2 aliphatic rings. The molecule has 0 bridgehead atoms. The van der Waals surface area contributed by atoms with Gasteiger partial charge in [-0.25, -0.2) is 9.18 Å². The number of hydrogen-bond acceptors (Lipinski definition) is 6. The smallest absolute Gasteiger partial charge is 0.475 e. The molecule has 4 rings (SSSR count). The Kier molecular flexibility index (Phi) is 11.0. The molecule has 0 saturated carbocycles. The number of rotatable bonds is 7. The van der Waals surface area contributed by atoms with Gasteiger partial charge in [-0.05, 0) is 47.6 Å². The molecule has 2 aromatic carbocycles. The lowest BCUT2D eigenvalue weighted by molar-refractivity contribution is -0.192. The number of anilines is 1. The summed E-state index contributed by atoms with van der Waals surface area (Å²) in [6.07, 6.45) is -5.41. The second-order valence-electron chi connectivity index (χ2n) is 11.8. The van der Waals surface area contributed by atoms with Crippen LogP contribution in [0.3, 0.4) is 0 Å². The number of fused-ring (bicyclic) bond motifs is 2. The molecule has 1 fully saturated rings. The summed E-state index contributed by atoms with van der Waals surface area (Å²) in [5.41, 5.74) is -0.249. The van der Waals surface area contributed by atoms with Crippen molar-refractivity contribution < 1.29 is 47.3 Å². The van der Waals surface area contributed by atoms with Crippen molar-refractivity contribution >= 4 is 46.7 Å². The molecule has 9 nitrogen and oxygen atoms in total. The maximum Gasteiger partial charge on any atom is 0.490 e. The van der Waals surface area contributed by atoms with Crippen molar-refractivity contribution in [2.75, 3.05) is 18.5 Å². The molecule has 242 valence electrons. The van der Waals surface area contributed by atoms with Crippen molar-refractivity contribution in [2.24, 2.45) is 5.41 Å². The summed E-state index contributed by atoms with van der Waals surface area (Å²) < 4.78 is 47.4. The van der Waals surface area contributed by atoms with Crippen LogP contribution in [0.15, 0.2) is 36.4 Å². The Labute approximate surface area is 260 Å². The minimum absolute atomic E-state index is 0.0960. The van der Waals surface area contributed by atoms with Gasteiger partial charge in [-0.2, -0.15) is 13.2 Å². The Morgan fingerprint density at radius 2 is 1.77 bits per heavy atom. The van der Waals surface area contributed by atoms with Crippen LogP contribution in [0, 0.1) is 11.2 Å². The fourth-order valence-corrected chi connectivity index (χ4v) is 6.07. The standard InChI is InChI=1S/C27H32Cl2FN3O4.C2HF3O2/c1-26(2,3)12-20-27(17-8-7-14(28)11-19(17)32-25(27)37)21(16-5-4-6-18(29)22(16)30)23(33-20)24(36)31-10-9-15(35)13-34;3-2(4,5)1(6)7/h4-8,11,15,20-21,23,33-35H,9-10,12-13H2,1-3H3,(H,31,36)(H,32,37);(H,6,7)/t15-,20+,21-,23+,27+;/m0./s1. The van der Waals surface area contributed by atoms with Crippen LogP contribution >= 0.6 is 23.2 Å². The molecule has 2 amide bonds. The van der Waals surface area contributed by atoms with Gasteiger partial charge in [0.1, 0.15) is 11.2 Å². The minimum Gasteiger partial charge on any atom is -0.475 e. The second kappa shape index (κ2) is 13.6. The van der Waals surface area contributed by atoms with E-state index in [9.17, 15) is 27.9 Å². The largest absolute Gasteiger partial charge is 0.490 e. The normalized spacial score (nSPS) is 23.4. The highest BCUT2D eigenvalue weighted by atomic mass is 35.5. The molecule has 2 aliphatic heterocycles. The number of nitrogens with one attached hydrogen (secondary N) is 3. The lowest BCUT2D eigenvalue weighted by atomic mass is 9.62. The average Bonchev–Trinajstić information content (AvgIpc) is 3.38. The number of aliphatic carboxylic acids is 1. The number of amides is 2. The Hall–Kier alpha value is -2.97. The molecular weight excluding hydrogens is 633 g/mol. The molecule has 0 aromatic heterocycles. The summed E-state index contributed by atoms with van der Waals surface area (Å²) in [4.78, 5) is 36.5. The van der Waals surface area contributed by atoms with Crippen LogP contribution in [0.5, 0.6) is 0 Å². The van der Waals surface area contributed by atoms with E-state index in [1.807, 2.05) is 20.8 Å². The number of carbonyl (C=O) groups excluding carboxylic acids is 2. The highest BCUT2D eigenvalue weighted by Crippen LogP contribution is 2.57. The zero-order chi connectivity index (χ0) is 33.2. The first-order valence-electron chi connectivity index (χ1n) is 13.5. The number of hydrogen-bond donors (Lipinski definition) is 6. The van der Waals surface area contributed by atoms with Crippen LogP contribution in [0.25, 0.3) is 0 Å². The van der Waals surface area contributed by atoms with Gasteiger partial charge in [0.05, 0.1) is 23.8 Å². The molecule has 44 heavy (non-hydrogen) atoms. The third kappa shape index (κ3) is 7.45.